The summed E-state index contributed by atoms with van der Waals surface area (Å²) in [5, 5.41) is 3.04. The summed E-state index contributed by atoms with van der Waals surface area (Å²) in [6.07, 6.45) is 3.05. The van der Waals surface area contributed by atoms with Crippen LogP contribution in [0.2, 0.25) is 0 Å². The van der Waals surface area contributed by atoms with Gasteiger partial charge in [-0.25, -0.2) is 4.79 Å². The molecule has 0 bridgehead atoms. The van der Waals surface area contributed by atoms with E-state index in [1.165, 1.54) is 5.56 Å². The van der Waals surface area contributed by atoms with Crippen LogP contribution in [0.4, 0.5) is 10.5 Å². The number of carbonyl (C=O) groups excluding carboxylic acids is 1. The van der Waals surface area contributed by atoms with Crippen molar-refractivity contribution in [1.29, 1.82) is 0 Å². The van der Waals surface area contributed by atoms with E-state index in [2.05, 4.69) is 23.3 Å². The van der Waals surface area contributed by atoms with E-state index in [-0.39, 0.29) is 6.03 Å². The molecule has 2 aromatic carbocycles. The number of benzene rings is 2. The smallest absolute Gasteiger partial charge is 0.321 e. The molecule has 6 heteroatoms. The molecule has 0 spiro atoms. The lowest BCUT2D eigenvalue weighted by atomic mass is 10.0. The molecule has 0 aromatic heterocycles. The van der Waals surface area contributed by atoms with E-state index in [9.17, 15) is 4.79 Å². The number of hydrogen-bond acceptors (Lipinski definition) is 4. The van der Waals surface area contributed by atoms with Crippen LogP contribution < -0.4 is 14.8 Å². The van der Waals surface area contributed by atoms with Crippen LogP contribution >= 0.6 is 0 Å². The summed E-state index contributed by atoms with van der Waals surface area (Å²) in [5.74, 6) is 1.51. The first-order valence-corrected chi connectivity index (χ1v) is 10.5. The molecule has 0 saturated carbocycles. The molecule has 6 nitrogen and oxygen atoms in total. The first-order chi connectivity index (χ1) is 14.5. The quantitative estimate of drug-likeness (QED) is 0.743. The molecule has 1 aliphatic heterocycles. The van der Waals surface area contributed by atoms with Crippen LogP contribution in [-0.2, 0) is 6.42 Å². The van der Waals surface area contributed by atoms with Crippen LogP contribution in [0, 0.1) is 6.92 Å². The molecule has 162 valence electrons. The van der Waals surface area contributed by atoms with Crippen molar-refractivity contribution in [1.82, 2.24) is 9.80 Å². The molecule has 2 amide bonds. The van der Waals surface area contributed by atoms with Gasteiger partial charge >= 0.3 is 6.03 Å². The second-order valence-electron chi connectivity index (χ2n) is 7.96. The highest BCUT2D eigenvalue weighted by molar-refractivity contribution is 5.89. The minimum atomic E-state index is -0.0152. The molecule has 30 heavy (non-hydrogen) atoms. The fourth-order valence-electron chi connectivity index (χ4n) is 3.95. The van der Waals surface area contributed by atoms with E-state index >= 15 is 0 Å². The van der Waals surface area contributed by atoms with Crippen LogP contribution in [-0.4, -0.2) is 62.8 Å². The fourth-order valence-corrected chi connectivity index (χ4v) is 3.95. The maximum absolute atomic E-state index is 12.7. The van der Waals surface area contributed by atoms with Gasteiger partial charge < -0.3 is 24.6 Å². The number of likely N-dealkylation sites (N-methyl/N-ethyl adjacent to an activating group) is 1. The highest BCUT2D eigenvalue weighted by atomic mass is 16.5. The number of likely N-dealkylation sites (tertiary alicyclic amines) is 1. The SMILES string of the molecule is COc1ccc(CCN(C)[C@@H]2CCCN(C(=O)Nc3cccc(C)c3)C2)cc1OC. The van der Waals surface area contributed by atoms with Crippen LogP contribution in [0.1, 0.15) is 24.0 Å². The second-order valence-corrected chi connectivity index (χ2v) is 7.96. The molecule has 1 atom stereocenters. The molecule has 3 rings (SSSR count). The standard InChI is InChI=1S/C24H33N3O3/c1-18-7-5-8-20(15-18)25-24(28)27-13-6-9-21(17-27)26(2)14-12-19-10-11-22(29-3)23(16-19)30-4/h5,7-8,10-11,15-16,21H,6,9,12-14,17H2,1-4H3,(H,25,28)/t21-/m1/s1. The lowest BCUT2D eigenvalue weighted by molar-refractivity contribution is 0.133. The zero-order valence-electron chi connectivity index (χ0n) is 18.5. The van der Waals surface area contributed by atoms with E-state index in [0.717, 1.165) is 61.6 Å². The number of ether oxygens (including phenoxy) is 2. The van der Waals surface area contributed by atoms with Crippen LogP contribution in [0.25, 0.3) is 0 Å². The number of carbonyl (C=O) groups is 1. The average molecular weight is 412 g/mol. The normalized spacial score (nSPS) is 16.4. The van der Waals surface area contributed by atoms with Crippen LogP contribution in [0.3, 0.4) is 0 Å². The topological polar surface area (TPSA) is 54.0 Å². The van der Waals surface area contributed by atoms with Crippen molar-refractivity contribution in [2.45, 2.75) is 32.2 Å². The zero-order chi connectivity index (χ0) is 21.5. The zero-order valence-corrected chi connectivity index (χ0v) is 18.5. The Balaban J connectivity index is 1.53. The second kappa shape index (κ2) is 10.3. The van der Waals surface area contributed by atoms with Crippen LogP contribution in [0.15, 0.2) is 42.5 Å². The predicted molar refractivity (Wildman–Crippen MR) is 121 cm³/mol. The minimum Gasteiger partial charge on any atom is -0.493 e. The lowest BCUT2D eigenvalue weighted by Crippen LogP contribution is -2.50. The Hall–Kier alpha value is -2.73. The molecule has 1 saturated heterocycles. The Morgan fingerprint density at radius 1 is 1.17 bits per heavy atom. The number of amides is 2. The third-order valence-corrected chi connectivity index (χ3v) is 5.78. The largest absolute Gasteiger partial charge is 0.493 e. The fraction of sp³-hybridized carbons (Fsp3) is 0.458. The molecule has 1 fully saturated rings. The van der Waals surface area contributed by atoms with Gasteiger partial charge in [-0.1, -0.05) is 18.2 Å². The summed E-state index contributed by atoms with van der Waals surface area (Å²) >= 11 is 0. The number of nitrogens with one attached hydrogen (secondary N) is 1. The number of rotatable bonds is 7. The number of methoxy groups -OCH3 is 2. The Bertz CT molecular complexity index is 855. The Labute approximate surface area is 179 Å². The van der Waals surface area contributed by atoms with Crippen molar-refractivity contribution in [3.8, 4) is 11.5 Å². The molecule has 1 heterocycles. The third kappa shape index (κ3) is 5.66. The number of nitrogens with zero attached hydrogens (tertiary/aromatic N) is 2. The predicted octanol–water partition coefficient (Wildman–Crippen LogP) is 4.18. The summed E-state index contributed by atoms with van der Waals surface area (Å²) in [6, 6.07) is 14.3. The summed E-state index contributed by atoms with van der Waals surface area (Å²) in [5.41, 5.74) is 3.20. The van der Waals surface area contributed by atoms with Crippen molar-refractivity contribution in [2.24, 2.45) is 0 Å². The minimum absolute atomic E-state index is 0.0152. The van der Waals surface area contributed by atoms with E-state index < -0.39 is 0 Å². The van der Waals surface area contributed by atoms with Gasteiger partial charge in [0.2, 0.25) is 0 Å². The highest BCUT2D eigenvalue weighted by Gasteiger charge is 2.26. The van der Waals surface area contributed by atoms with Gasteiger partial charge in [-0.3, -0.25) is 0 Å². The lowest BCUT2D eigenvalue weighted by Gasteiger charge is -2.37. The molecular formula is C24H33N3O3. The van der Waals surface area contributed by atoms with Crippen molar-refractivity contribution in [3.05, 3.63) is 53.6 Å². The maximum atomic E-state index is 12.7. The Kier molecular flexibility index (Phi) is 7.57. The molecule has 1 aliphatic rings. The van der Waals surface area contributed by atoms with Gasteiger partial charge in [0.25, 0.3) is 0 Å². The molecule has 0 unspecified atom stereocenters. The summed E-state index contributed by atoms with van der Waals surface area (Å²) in [7, 11) is 5.45. The van der Waals surface area contributed by atoms with E-state index in [0.29, 0.717) is 6.04 Å². The summed E-state index contributed by atoms with van der Waals surface area (Å²) < 4.78 is 10.7. The molecule has 2 aromatic rings. The van der Waals surface area contributed by atoms with Gasteiger partial charge in [0.15, 0.2) is 11.5 Å². The van der Waals surface area contributed by atoms with E-state index in [1.54, 1.807) is 14.2 Å². The van der Waals surface area contributed by atoms with Crippen molar-refractivity contribution < 1.29 is 14.3 Å². The molecule has 1 N–H and O–H groups in total. The first kappa shape index (κ1) is 22.0. The summed E-state index contributed by atoms with van der Waals surface area (Å²) in [6.45, 7) is 4.51. The molecule has 0 radical (unpaired) electrons. The molecule has 0 aliphatic carbocycles. The van der Waals surface area contributed by atoms with Gasteiger partial charge in [0.05, 0.1) is 14.2 Å². The van der Waals surface area contributed by atoms with Gasteiger partial charge in [-0.05, 0) is 68.6 Å². The maximum Gasteiger partial charge on any atom is 0.321 e. The number of aryl methyl sites for hydroxylation is 1. The van der Waals surface area contributed by atoms with E-state index in [1.807, 2.05) is 48.2 Å². The van der Waals surface area contributed by atoms with Crippen molar-refractivity contribution in [3.63, 3.8) is 0 Å². The van der Waals surface area contributed by atoms with Gasteiger partial charge in [-0.2, -0.15) is 0 Å². The number of hydrogen-bond donors (Lipinski definition) is 1. The number of piperidine rings is 1. The monoisotopic (exact) mass is 411 g/mol. The first-order valence-electron chi connectivity index (χ1n) is 10.5. The van der Waals surface area contributed by atoms with Crippen molar-refractivity contribution >= 4 is 11.7 Å². The van der Waals surface area contributed by atoms with Crippen molar-refractivity contribution in [2.75, 3.05) is 46.2 Å². The number of anilines is 1. The Morgan fingerprint density at radius 2 is 1.97 bits per heavy atom. The van der Waals surface area contributed by atoms with Gasteiger partial charge in [-0.15, -0.1) is 0 Å². The average Bonchev–Trinajstić information content (AvgIpc) is 2.77. The third-order valence-electron chi connectivity index (χ3n) is 5.78. The van der Waals surface area contributed by atoms with Crippen LogP contribution in [0.5, 0.6) is 11.5 Å². The Morgan fingerprint density at radius 3 is 2.70 bits per heavy atom. The number of urea groups is 1. The van der Waals surface area contributed by atoms with Gasteiger partial charge in [0.1, 0.15) is 0 Å². The summed E-state index contributed by atoms with van der Waals surface area (Å²) in [4.78, 5) is 17.0. The van der Waals surface area contributed by atoms with Gasteiger partial charge in [0, 0.05) is 31.4 Å². The highest BCUT2D eigenvalue weighted by Crippen LogP contribution is 2.28. The van der Waals surface area contributed by atoms with E-state index in [4.69, 9.17) is 9.47 Å². The molecular weight excluding hydrogens is 378 g/mol.